The van der Waals surface area contributed by atoms with E-state index in [2.05, 4.69) is 21.9 Å². The van der Waals surface area contributed by atoms with Gasteiger partial charge in [-0.3, -0.25) is 0 Å². The fourth-order valence-electron chi connectivity index (χ4n) is 2.96. The van der Waals surface area contributed by atoms with Crippen LogP contribution in [0.2, 0.25) is 0 Å². The van der Waals surface area contributed by atoms with Gasteiger partial charge in [-0.25, -0.2) is 0 Å². The Bertz CT molecular complexity index is 646. The molecule has 0 spiro atoms. The van der Waals surface area contributed by atoms with Gasteiger partial charge in [-0.1, -0.05) is 0 Å². The second-order valence-electron chi connectivity index (χ2n) is 5.01. The number of methoxy groups -OCH3 is 1. The lowest BCUT2D eigenvalue weighted by Gasteiger charge is -2.13. The summed E-state index contributed by atoms with van der Waals surface area (Å²) in [6, 6.07) is 6.61. The average molecular weight is 294 g/mol. The molecule has 2 unspecified atom stereocenters. The highest BCUT2D eigenvalue weighted by Gasteiger charge is 2.26. The number of thioether (sulfide) groups is 1. The number of hydrogen-bond donors (Lipinski definition) is 1. The van der Waals surface area contributed by atoms with E-state index in [0.29, 0.717) is 6.04 Å². The zero-order valence-corrected chi connectivity index (χ0v) is 12.8. The average Bonchev–Trinajstić information content (AvgIpc) is 3.00. The monoisotopic (exact) mass is 294 g/mol. The quantitative estimate of drug-likeness (QED) is 0.862. The van der Waals surface area contributed by atoms with Gasteiger partial charge in [-0.15, -0.1) is 0 Å². The van der Waals surface area contributed by atoms with Crippen molar-refractivity contribution in [3.05, 3.63) is 23.0 Å². The van der Waals surface area contributed by atoms with E-state index >= 15 is 0 Å². The van der Waals surface area contributed by atoms with Gasteiger partial charge >= 0.3 is 0 Å². The van der Waals surface area contributed by atoms with Crippen molar-refractivity contribution in [1.29, 1.82) is 0 Å². The van der Waals surface area contributed by atoms with E-state index in [4.69, 9.17) is 17.0 Å². The smallest absolute Gasteiger partial charge is 0.178 e. The predicted octanol–water partition coefficient (Wildman–Crippen LogP) is 4.16. The van der Waals surface area contributed by atoms with Crippen molar-refractivity contribution in [2.45, 2.75) is 30.6 Å². The molecule has 102 valence electrons. The Hall–Kier alpha value is -0.940. The van der Waals surface area contributed by atoms with Crippen LogP contribution in [0.5, 0.6) is 5.75 Å². The molecule has 3 rings (SSSR count). The van der Waals surface area contributed by atoms with Gasteiger partial charge in [0.15, 0.2) is 4.77 Å². The summed E-state index contributed by atoms with van der Waals surface area (Å²) in [6.07, 6.45) is 5.90. The van der Waals surface area contributed by atoms with Crippen LogP contribution in [0.3, 0.4) is 0 Å². The zero-order valence-electron chi connectivity index (χ0n) is 11.2. The number of hydrogen-bond acceptors (Lipinski definition) is 3. The van der Waals surface area contributed by atoms with Crippen LogP contribution in [0, 0.1) is 4.77 Å². The molecule has 0 saturated heterocycles. The number of aromatic nitrogens is 2. The molecule has 0 amide bonds. The van der Waals surface area contributed by atoms with E-state index in [0.717, 1.165) is 26.8 Å². The minimum absolute atomic E-state index is 0.519. The van der Waals surface area contributed by atoms with Crippen molar-refractivity contribution >= 4 is 35.0 Å². The maximum Gasteiger partial charge on any atom is 0.178 e. The Morgan fingerprint density at radius 1 is 1.42 bits per heavy atom. The molecule has 1 aliphatic rings. The molecule has 0 radical (unpaired) electrons. The van der Waals surface area contributed by atoms with Gasteiger partial charge in [0.05, 0.1) is 18.1 Å². The maximum absolute atomic E-state index is 5.50. The fourth-order valence-corrected chi connectivity index (χ4v) is 4.10. The van der Waals surface area contributed by atoms with Crippen LogP contribution in [0.1, 0.15) is 25.3 Å². The number of H-pyrrole nitrogens is 1. The second-order valence-corrected chi connectivity index (χ2v) is 6.53. The summed E-state index contributed by atoms with van der Waals surface area (Å²) < 4.78 is 8.44. The molecule has 1 N–H and O–H groups in total. The molecule has 1 aromatic carbocycles. The Balaban J connectivity index is 2.07. The first-order valence-electron chi connectivity index (χ1n) is 6.54. The van der Waals surface area contributed by atoms with Gasteiger partial charge in [0.1, 0.15) is 5.75 Å². The third-order valence-corrected chi connectivity index (χ3v) is 5.37. The molecule has 1 fully saturated rings. The van der Waals surface area contributed by atoms with Crippen LogP contribution in [-0.2, 0) is 0 Å². The first-order valence-corrected chi connectivity index (χ1v) is 8.23. The number of aromatic amines is 1. The standard InChI is InChI=1S/C14H18N2OS2/c1-17-10-4-6-12-13(8-10)16(14(18)15-12)9-3-5-11(7-9)19-2/h4,6,8-9,11H,3,5,7H2,1-2H3,(H,15,18). The first-order chi connectivity index (χ1) is 9.22. The van der Waals surface area contributed by atoms with E-state index in [9.17, 15) is 0 Å². The lowest BCUT2D eigenvalue weighted by Crippen LogP contribution is -2.06. The van der Waals surface area contributed by atoms with Crippen LogP contribution in [0.15, 0.2) is 18.2 Å². The highest BCUT2D eigenvalue weighted by Crippen LogP contribution is 2.38. The molecular formula is C14H18N2OS2. The van der Waals surface area contributed by atoms with Crippen LogP contribution in [-0.4, -0.2) is 28.2 Å². The van der Waals surface area contributed by atoms with E-state index < -0.39 is 0 Å². The number of imidazole rings is 1. The topological polar surface area (TPSA) is 29.9 Å². The van der Waals surface area contributed by atoms with Crippen molar-refractivity contribution in [1.82, 2.24) is 9.55 Å². The lowest BCUT2D eigenvalue weighted by atomic mass is 10.2. The summed E-state index contributed by atoms with van der Waals surface area (Å²) in [4.78, 5) is 3.30. The highest BCUT2D eigenvalue weighted by molar-refractivity contribution is 7.99. The van der Waals surface area contributed by atoms with E-state index in [-0.39, 0.29) is 0 Å². The second kappa shape index (κ2) is 5.21. The van der Waals surface area contributed by atoms with Crippen molar-refractivity contribution < 1.29 is 4.74 Å². The molecule has 3 nitrogen and oxygen atoms in total. The molecule has 1 aliphatic carbocycles. The van der Waals surface area contributed by atoms with Crippen molar-refractivity contribution in [3.8, 4) is 5.75 Å². The molecule has 19 heavy (non-hydrogen) atoms. The summed E-state index contributed by atoms with van der Waals surface area (Å²) in [6.45, 7) is 0. The Morgan fingerprint density at radius 2 is 2.26 bits per heavy atom. The Kier molecular flexibility index (Phi) is 3.58. The SMILES string of the molecule is COc1ccc2[nH]c(=S)n(C3CCC(SC)C3)c2c1. The number of benzene rings is 1. The van der Waals surface area contributed by atoms with Gasteiger partial charge in [-0.2, -0.15) is 11.8 Å². The van der Waals surface area contributed by atoms with E-state index in [1.54, 1.807) is 7.11 Å². The minimum Gasteiger partial charge on any atom is -0.497 e. The lowest BCUT2D eigenvalue weighted by molar-refractivity contribution is 0.415. The molecule has 1 aromatic heterocycles. The molecule has 2 atom stereocenters. The van der Waals surface area contributed by atoms with Crippen LogP contribution < -0.4 is 4.74 Å². The Labute approximate surface area is 122 Å². The van der Waals surface area contributed by atoms with Crippen LogP contribution in [0.25, 0.3) is 11.0 Å². The number of rotatable bonds is 3. The van der Waals surface area contributed by atoms with Gasteiger partial charge in [0.25, 0.3) is 0 Å². The molecule has 0 aliphatic heterocycles. The normalized spacial score (nSPS) is 23.1. The van der Waals surface area contributed by atoms with Gasteiger partial charge in [0, 0.05) is 17.4 Å². The van der Waals surface area contributed by atoms with Crippen LogP contribution in [0.4, 0.5) is 0 Å². The number of ether oxygens (including phenoxy) is 1. The van der Waals surface area contributed by atoms with Crippen molar-refractivity contribution in [3.63, 3.8) is 0 Å². The van der Waals surface area contributed by atoms with E-state index in [1.165, 1.54) is 19.3 Å². The van der Waals surface area contributed by atoms with E-state index in [1.807, 2.05) is 23.9 Å². The highest BCUT2D eigenvalue weighted by atomic mass is 32.2. The zero-order chi connectivity index (χ0) is 13.4. The summed E-state index contributed by atoms with van der Waals surface area (Å²) in [7, 11) is 1.70. The molecule has 5 heteroatoms. The number of nitrogens with zero attached hydrogens (tertiary/aromatic N) is 1. The maximum atomic E-state index is 5.50. The third-order valence-electron chi connectivity index (χ3n) is 3.98. The number of nitrogens with one attached hydrogen (secondary N) is 1. The Morgan fingerprint density at radius 3 is 2.95 bits per heavy atom. The molecular weight excluding hydrogens is 276 g/mol. The number of fused-ring (bicyclic) bond motifs is 1. The van der Waals surface area contributed by atoms with Crippen molar-refractivity contribution in [2.24, 2.45) is 0 Å². The van der Waals surface area contributed by atoms with Crippen LogP contribution >= 0.6 is 24.0 Å². The minimum atomic E-state index is 0.519. The van der Waals surface area contributed by atoms with Gasteiger partial charge in [0.2, 0.25) is 0 Å². The molecule has 0 bridgehead atoms. The predicted molar refractivity (Wildman–Crippen MR) is 83.9 cm³/mol. The summed E-state index contributed by atoms with van der Waals surface area (Å²) in [5, 5.41) is 0.766. The molecule has 2 aromatic rings. The van der Waals surface area contributed by atoms with Gasteiger partial charge in [-0.05, 0) is 49.9 Å². The first kappa shape index (κ1) is 13.1. The molecule has 1 heterocycles. The fraction of sp³-hybridized carbons (Fsp3) is 0.500. The van der Waals surface area contributed by atoms with Gasteiger partial charge < -0.3 is 14.3 Å². The summed E-state index contributed by atoms with van der Waals surface area (Å²) in [5.74, 6) is 0.884. The molecule has 1 saturated carbocycles. The van der Waals surface area contributed by atoms with Crippen molar-refractivity contribution in [2.75, 3.05) is 13.4 Å². The summed E-state index contributed by atoms with van der Waals surface area (Å²) in [5.41, 5.74) is 2.26. The third kappa shape index (κ3) is 2.30. The summed E-state index contributed by atoms with van der Waals surface area (Å²) >= 11 is 7.47. The largest absolute Gasteiger partial charge is 0.497 e.